The molecule has 104 valence electrons. The number of aromatic nitrogens is 2. The average Bonchev–Trinajstić information content (AvgIpc) is 2.53. The molecule has 1 unspecified atom stereocenters. The minimum atomic E-state index is -0.305. The van der Waals surface area contributed by atoms with E-state index in [2.05, 4.69) is 23.8 Å². The molecule has 1 aromatic rings. The Balaban J connectivity index is 1.85. The lowest BCUT2D eigenvalue weighted by atomic mass is 9.55. The molecular formula is C14H21N3O2. The number of rotatable bonds is 2. The van der Waals surface area contributed by atoms with Crippen LogP contribution in [0, 0.1) is 18.3 Å². The molecular weight excluding hydrogens is 242 g/mol. The Morgan fingerprint density at radius 3 is 2.47 bits per heavy atom. The largest absolute Gasteiger partial charge is 0.333 e. The summed E-state index contributed by atoms with van der Waals surface area (Å²) in [4.78, 5) is 31.0. The second-order valence-corrected chi connectivity index (χ2v) is 6.42. The fraction of sp³-hybridized carbons (Fsp3) is 0.714. The number of aromatic amines is 2. The van der Waals surface area contributed by atoms with Gasteiger partial charge >= 0.3 is 5.69 Å². The van der Waals surface area contributed by atoms with Gasteiger partial charge in [-0.2, -0.15) is 0 Å². The summed E-state index contributed by atoms with van der Waals surface area (Å²) in [6, 6.07) is 0.326. The van der Waals surface area contributed by atoms with Crippen molar-refractivity contribution in [2.24, 2.45) is 11.3 Å². The molecule has 1 saturated carbocycles. The zero-order chi connectivity index (χ0) is 13.8. The van der Waals surface area contributed by atoms with Crippen molar-refractivity contribution in [2.45, 2.75) is 46.1 Å². The molecule has 2 heterocycles. The number of likely N-dealkylation sites (tertiary alicyclic amines) is 1. The zero-order valence-corrected chi connectivity index (χ0v) is 11.7. The second-order valence-electron chi connectivity index (χ2n) is 6.42. The number of aryl methyl sites for hydroxylation is 1. The second kappa shape index (κ2) is 3.99. The Morgan fingerprint density at radius 1 is 1.37 bits per heavy atom. The molecule has 1 spiro atoms. The van der Waals surface area contributed by atoms with Crippen molar-refractivity contribution in [3.63, 3.8) is 0 Å². The first-order chi connectivity index (χ1) is 8.94. The quantitative estimate of drug-likeness (QED) is 0.852. The highest BCUT2D eigenvalue weighted by Crippen LogP contribution is 2.55. The van der Waals surface area contributed by atoms with E-state index in [1.54, 1.807) is 6.92 Å². The van der Waals surface area contributed by atoms with Crippen LogP contribution in [0.1, 0.15) is 49.3 Å². The molecule has 1 aromatic heterocycles. The summed E-state index contributed by atoms with van der Waals surface area (Å²) in [5.41, 5.74) is 1.12. The van der Waals surface area contributed by atoms with Crippen LogP contribution >= 0.6 is 0 Å². The molecule has 0 aromatic carbocycles. The maximum Gasteiger partial charge on any atom is 0.323 e. The highest BCUT2D eigenvalue weighted by molar-refractivity contribution is 5.94. The molecule has 19 heavy (non-hydrogen) atoms. The number of carbonyl (C=O) groups is 1. The molecule has 1 aliphatic heterocycles. The van der Waals surface area contributed by atoms with Crippen LogP contribution in [0.25, 0.3) is 0 Å². The van der Waals surface area contributed by atoms with Crippen LogP contribution in [0.2, 0.25) is 0 Å². The smallest absolute Gasteiger partial charge is 0.323 e. The number of H-pyrrole nitrogens is 2. The van der Waals surface area contributed by atoms with E-state index in [1.165, 1.54) is 19.3 Å². The van der Waals surface area contributed by atoms with Crippen molar-refractivity contribution in [1.29, 1.82) is 0 Å². The SMILES string of the molecule is Cc1[nH]c(=O)[nH]c1C(=O)N1CC2(CCC2)C1C(C)C. The van der Waals surface area contributed by atoms with Crippen LogP contribution in [0.5, 0.6) is 0 Å². The maximum absolute atomic E-state index is 12.5. The van der Waals surface area contributed by atoms with Gasteiger partial charge in [-0.15, -0.1) is 0 Å². The molecule has 1 saturated heterocycles. The van der Waals surface area contributed by atoms with Crippen LogP contribution < -0.4 is 5.69 Å². The van der Waals surface area contributed by atoms with Crippen LogP contribution in [0.15, 0.2) is 4.79 Å². The Bertz CT molecular complexity index is 565. The first-order valence-corrected chi connectivity index (χ1v) is 7.04. The summed E-state index contributed by atoms with van der Waals surface area (Å²) in [7, 11) is 0. The highest BCUT2D eigenvalue weighted by Gasteiger charge is 2.58. The van der Waals surface area contributed by atoms with Gasteiger partial charge in [0.25, 0.3) is 5.91 Å². The van der Waals surface area contributed by atoms with Gasteiger partial charge in [-0.25, -0.2) is 4.79 Å². The van der Waals surface area contributed by atoms with Crippen LogP contribution in [-0.2, 0) is 0 Å². The van der Waals surface area contributed by atoms with Crippen molar-refractivity contribution in [3.05, 3.63) is 21.9 Å². The van der Waals surface area contributed by atoms with Crippen molar-refractivity contribution in [3.8, 4) is 0 Å². The highest BCUT2D eigenvalue weighted by atomic mass is 16.2. The summed E-state index contributed by atoms with van der Waals surface area (Å²) >= 11 is 0. The molecule has 3 rings (SSSR count). The van der Waals surface area contributed by atoms with E-state index < -0.39 is 0 Å². The maximum atomic E-state index is 12.5. The monoisotopic (exact) mass is 263 g/mol. The third kappa shape index (κ3) is 1.67. The standard InChI is InChI=1S/C14H21N3O2/c1-8(2)11-14(5-4-6-14)7-17(11)12(18)10-9(3)15-13(19)16-10/h8,11H,4-7H2,1-3H3,(H2,15,16,19). The topological polar surface area (TPSA) is 69.0 Å². The van der Waals surface area contributed by atoms with E-state index >= 15 is 0 Å². The summed E-state index contributed by atoms with van der Waals surface area (Å²) in [5, 5.41) is 0. The third-order valence-corrected chi connectivity index (χ3v) is 4.82. The van der Waals surface area contributed by atoms with E-state index in [9.17, 15) is 9.59 Å². The van der Waals surface area contributed by atoms with Gasteiger partial charge in [0.05, 0.1) is 0 Å². The lowest BCUT2D eigenvalue weighted by molar-refractivity contribution is -0.121. The van der Waals surface area contributed by atoms with Gasteiger partial charge in [0.15, 0.2) is 0 Å². The normalized spacial score (nSPS) is 24.4. The third-order valence-electron chi connectivity index (χ3n) is 4.82. The van der Waals surface area contributed by atoms with E-state index in [-0.39, 0.29) is 11.6 Å². The van der Waals surface area contributed by atoms with Crippen LogP contribution in [0.4, 0.5) is 0 Å². The number of nitrogens with zero attached hydrogens (tertiary/aromatic N) is 1. The molecule has 5 heteroatoms. The van der Waals surface area contributed by atoms with Gasteiger partial charge in [0.2, 0.25) is 0 Å². The van der Waals surface area contributed by atoms with Crippen LogP contribution in [-0.4, -0.2) is 33.4 Å². The molecule has 5 nitrogen and oxygen atoms in total. The minimum absolute atomic E-state index is 0.0351. The molecule has 1 amide bonds. The molecule has 2 aliphatic rings. The summed E-state index contributed by atoms with van der Waals surface area (Å²) in [5.74, 6) is 0.427. The summed E-state index contributed by atoms with van der Waals surface area (Å²) < 4.78 is 0. The lowest BCUT2D eigenvalue weighted by Gasteiger charge is -2.64. The number of amides is 1. The van der Waals surface area contributed by atoms with Crippen molar-refractivity contribution in [2.75, 3.05) is 6.54 Å². The average molecular weight is 263 g/mol. The van der Waals surface area contributed by atoms with Gasteiger partial charge in [0.1, 0.15) is 5.69 Å². The number of nitrogens with one attached hydrogen (secondary N) is 2. The van der Waals surface area contributed by atoms with Crippen molar-refractivity contribution in [1.82, 2.24) is 14.9 Å². The van der Waals surface area contributed by atoms with Gasteiger partial charge in [0, 0.05) is 23.7 Å². The van der Waals surface area contributed by atoms with Gasteiger partial charge in [-0.3, -0.25) is 4.79 Å². The van der Waals surface area contributed by atoms with Gasteiger partial charge in [-0.1, -0.05) is 20.3 Å². The summed E-state index contributed by atoms with van der Waals surface area (Å²) in [6.07, 6.45) is 3.76. The van der Waals surface area contributed by atoms with Crippen molar-refractivity contribution >= 4 is 5.91 Å². The number of hydrogen-bond donors (Lipinski definition) is 2. The fourth-order valence-electron chi connectivity index (χ4n) is 3.93. The first kappa shape index (κ1) is 12.5. The van der Waals surface area contributed by atoms with Gasteiger partial charge < -0.3 is 14.9 Å². The Labute approximate surface area is 112 Å². The molecule has 2 N–H and O–H groups in total. The molecule has 1 atom stereocenters. The predicted molar refractivity (Wildman–Crippen MR) is 72.1 cm³/mol. The Hall–Kier alpha value is -1.52. The Morgan fingerprint density at radius 2 is 2.05 bits per heavy atom. The first-order valence-electron chi connectivity index (χ1n) is 7.04. The molecule has 0 radical (unpaired) electrons. The zero-order valence-electron chi connectivity index (χ0n) is 11.7. The minimum Gasteiger partial charge on any atom is -0.333 e. The predicted octanol–water partition coefficient (Wildman–Crippen LogP) is 1.66. The van der Waals surface area contributed by atoms with Crippen LogP contribution in [0.3, 0.4) is 0 Å². The van der Waals surface area contributed by atoms with E-state index in [4.69, 9.17) is 0 Å². The van der Waals surface area contributed by atoms with E-state index in [0.29, 0.717) is 28.8 Å². The molecule has 1 aliphatic carbocycles. The fourth-order valence-corrected chi connectivity index (χ4v) is 3.93. The molecule has 2 fully saturated rings. The summed E-state index contributed by atoms with van der Waals surface area (Å²) in [6.45, 7) is 6.96. The van der Waals surface area contributed by atoms with E-state index in [1.807, 2.05) is 4.90 Å². The number of carbonyl (C=O) groups excluding carboxylic acids is 1. The number of imidazole rings is 1. The number of hydrogen-bond acceptors (Lipinski definition) is 2. The lowest BCUT2D eigenvalue weighted by Crippen LogP contribution is -2.70. The van der Waals surface area contributed by atoms with Gasteiger partial charge in [-0.05, 0) is 25.7 Å². The van der Waals surface area contributed by atoms with Crippen molar-refractivity contribution < 1.29 is 4.79 Å². The van der Waals surface area contributed by atoms with E-state index in [0.717, 1.165) is 6.54 Å². The Kier molecular flexibility index (Phi) is 2.62. The molecule has 0 bridgehead atoms.